The molecule has 0 aliphatic carbocycles. The fourth-order valence-electron chi connectivity index (χ4n) is 2.78. The molecule has 19 heavy (non-hydrogen) atoms. The fourth-order valence-corrected chi connectivity index (χ4v) is 2.78. The summed E-state index contributed by atoms with van der Waals surface area (Å²) in [5.74, 6) is 2.19. The fraction of sp³-hybridized carbons (Fsp3) is 0.750. The summed E-state index contributed by atoms with van der Waals surface area (Å²) in [4.78, 5) is 2.53. The smallest absolute Gasteiger partial charge is 0.120 e. The van der Waals surface area contributed by atoms with Crippen LogP contribution in [0.15, 0.2) is 10.5 Å². The first kappa shape index (κ1) is 14.6. The summed E-state index contributed by atoms with van der Waals surface area (Å²) in [6, 6.07) is 2.69. The highest BCUT2D eigenvalue weighted by atomic mass is 16.3. The van der Waals surface area contributed by atoms with Gasteiger partial charge in [-0.2, -0.15) is 0 Å². The average molecular weight is 264 g/mol. The molecule has 3 nitrogen and oxygen atoms in total. The number of furan rings is 1. The highest BCUT2D eigenvalue weighted by Gasteiger charge is 2.32. The van der Waals surface area contributed by atoms with Gasteiger partial charge in [0.15, 0.2) is 0 Å². The summed E-state index contributed by atoms with van der Waals surface area (Å²) in [7, 11) is 0. The molecule has 1 aromatic rings. The third kappa shape index (κ3) is 3.61. The minimum Gasteiger partial charge on any atom is -0.463 e. The Morgan fingerprint density at radius 3 is 2.74 bits per heavy atom. The molecular weight excluding hydrogens is 236 g/mol. The highest BCUT2D eigenvalue weighted by molar-refractivity contribution is 5.20. The predicted molar refractivity (Wildman–Crippen MR) is 79.1 cm³/mol. The minimum absolute atomic E-state index is 0.317. The number of hydrogen-bond donors (Lipinski definition) is 1. The lowest BCUT2D eigenvalue weighted by Gasteiger charge is -2.30. The van der Waals surface area contributed by atoms with E-state index in [2.05, 4.69) is 50.9 Å². The van der Waals surface area contributed by atoms with Crippen molar-refractivity contribution in [2.75, 3.05) is 6.54 Å². The highest BCUT2D eigenvalue weighted by Crippen LogP contribution is 2.30. The zero-order valence-corrected chi connectivity index (χ0v) is 13.0. The zero-order valence-electron chi connectivity index (χ0n) is 13.0. The molecule has 0 saturated carbocycles. The van der Waals surface area contributed by atoms with E-state index in [4.69, 9.17) is 4.42 Å². The summed E-state index contributed by atoms with van der Waals surface area (Å²) in [5.41, 5.74) is 1.58. The van der Waals surface area contributed by atoms with E-state index in [1.165, 1.54) is 24.9 Å². The van der Waals surface area contributed by atoms with Crippen molar-refractivity contribution in [1.29, 1.82) is 0 Å². The molecule has 2 rings (SSSR count). The lowest BCUT2D eigenvalue weighted by molar-refractivity contribution is 0.153. The van der Waals surface area contributed by atoms with E-state index < -0.39 is 0 Å². The van der Waals surface area contributed by atoms with Gasteiger partial charge in [-0.25, -0.2) is 0 Å². The van der Waals surface area contributed by atoms with Crippen LogP contribution in [0.1, 0.15) is 57.6 Å². The molecule has 0 unspecified atom stereocenters. The van der Waals surface area contributed by atoms with E-state index in [0.29, 0.717) is 11.6 Å². The van der Waals surface area contributed by atoms with Crippen molar-refractivity contribution in [3.8, 4) is 0 Å². The lowest BCUT2D eigenvalue weighted by Crippen LogP contribution is -2.37. The molecule has 1 saturated heterocycles. The maximum absolute atomic E-state index is 6.02. The molecule has 1 fully saturated rings. The van der Waals surface area contributed by atoms with E-state index >= 15 is 0 Å². The van der Waals surface area contributed by atoms with Crippen LogP contribution in [0.4, 0.5) is 0 Å². The summed E-state index contributed by atoms with van der Waals surface area (Å²) in [6.45, 7) is 14.1. The molecule has 0 bridgehead atoms. The van der Waals surface area contributed by atoms with E-state index in [1.54, 1.807) is 0 Å². The normalized spacial score (nSPS) is 19.5. The maximum atomic E-state index is 6.02. The van der Waals surface area contributed by atoms with Crippen LogP contribution in [0.3, 0.4) is 0 Å². The quantitative estimate of drug-likeness (QED) is 0.883. The second-order valence-corrected chi connectivity index (χ2v) is 6.69. The van der Waals surface area contributed by atoms with Crippen LogP contribution in [0, 0.1) is 6.92 Å². The standard InChI is InChI=1S/C16H28N2O/c1-12(2)17-10-15-13(3)9-14(19-15)11-18-8-6-7-16(18,4)5/h9,12,17H,6-8,10-11H2,1-5H3. The van der Waals surface area contributed by atoms with Crippen molar-refractivity contribution in [3.05, 3.63) is 23.2 Å². The molecule has 0 aromatic carbocycles. The number of hydrogen-bond acceptors (Lipinski definition) is 3. The second-order valence-electron chi connectivity index (χ2n) is 6.69. The maximum Gasteiger partial charge on any atom is 0.120 e. The van der Waals surface area contributed by atoms with Crippen molar-refractivity contribution in [3.63, 3.8) is 0 Å². The topological polar surface area (TPSA) is 28.4 Å². The molecule has 3 heteroatoms. The van der Waals surface area contributed by atoms with E-state index in [-0.39, 0.29) is 0 Å². The monoisotopic (exact) mass is 264 g/mol. The Labute approximate surface area is 117 Å². The Morgan fingerprint density at radius 2 is 2.16 bits per heavy atom. The molecule has 2 heterocycles. The number of nitrogens with one attached hydrogen (secondary N) is 1. The zero-order chi connectivity index (χ0) is 14.0. The van der Waals surface area contributed by atoms with E-state index in [0.717, 1.165) is 24.6 Å². The third-order valence-corrected chi connectivity index (χ3v) is 4.16. The second kappa shape index (κ2) is 5.68. The molecule has 1 aromatic heterocycles. The third-order valence-electron chi connectivity index (χ3n) is 4.16. The van der Waals surface area contributed by atoms with E-state index in [1.807, 2.05) is 0 Å². The van der Waals surface area contributed by atoms with Gasteiger partial charge in [0.05, 0.1) is 13.1 Å². The Balaban J connectivity index is 2.00. The van der Waals surface area contributed by atoms with Gasteiger partial charge < -0.3 is 9.73 Å². The van der Waals surface area contributed by atoms with Crippen LogP contribution < -0.4 is 5.32 Å². The number of aryl methyl sites for hydroxylation is 1. The first-order valence-electron chi connectivity index (χ1n) is 7.45. The van der Waals surface area contributed by atoms with Crippen molar-refractivity contribution in [1.82, 2.24) is 10.2 Å². The van der Waals surface area contributed by atoms with Gasteiger partial charge in [0.2, 0.25) is 0 Å². The predicted octanol–water partition coefficient (Wildman–Crippen LogP) is 3.46. The molecule has 0 amide bonds. The molecule has 0 atom stereocenters. The number of likely N-dealkylation sites (tertiary alicyclic amines) is 1. The van der Waals surface area contributed by atoms with Gasteiger partial charge in [0.25, 0.3) is 0 Å². The molecular formula is C16H28N2O. The number of rotatable bonds is 5. The average Bonchev–Trinajstić information content (AvgIpc) is 2.80. The van der Waals surface area contributed by atoms with Crippen molar-refractivity contribution >= 4 is 0 Å². The molecule has 108 valence electrons. The molecule has 1 aliphatic heterocycles. The van der Waals surface area contributed by atoms with Crippen LogP contribution in [0.25, 0.3) is 0 Å². The summed E-state index contributed by atoms with van der Waals surface area (Å²) < 4.78 is 6.02. The van der Waals surface area contributed by atoms with Crippen molar-refractivity contribution in [2.45, 2.75) is 72.1 Å². The first-order valence-corrected chi connectivity index (χ1v) is 7.45. The van der Waals surface area contributed by atoms with E-state index in [9.17, 15) is 0 Å². The van der Waals surface area contributed by atoms with Crippen molar-refractivity contribution in [2.24, 2.45) is 0 Å². The van der Waals surface area contributed by atoms with Gasteiger partial charge >= 0.3 is 0 Å². The van der Waals surface area contributed by atoms with Crippen molar-refractivity contribution < 1.29 is 4.42 Å². The SMILES string of the molecule is Cc1cc(CN2CCCC2(C)C)oc1CNC(C)C. The van der Waals surface area contributed by atoms with Crippen LogP contribution >= 0.6 is 0 Å². The molecule has 1 aliphatic rings. The molecule has 0 radical (unpaired) electrons. The number of nitrogens with zero attached hydrogens (tertiary/aromatic N) is 1. The Kier molecular flexibility index (Phi) is 4.36. The van der Waals surface area contributed by atoms with Gasteiger partial charge in [0, 0.05) is 11.6 Å². The Hall–Kier alpha value is -0.800. The Morgan fingerprint density at radius 1 is 1.42 bits per heavy atom. The lowest BCUT2D eigenvalue weighted by atomic mass is 10.0. The van der Waals surface area contributed by atoms with Crippen LogP contribution in [0.2, 0.25) is 0 Å². The summed E-state index contributed by atoms with van der Waals surface area (Å²) in [6.07, 6.45) is 2.59. The van der Waals surface area contributed by atoms with Gasteiger partial charge in [-0.05, 0) is 51.8 Å². The van der Waals surface area contributed by atoms with Crippen LogP contribution in [0.5, 0.6) is 0 Å². The van der Waals surface area contributed by atoms with Gasteiger partial charge in [-0.15, -0.1) is 0 Å². The molecule has 1 N–H and O–H groups in total. The largest absolute Gasteiger partial charge is 0.463 e. The van der Waals surface area contributed by atoms with Gasteiger partial charge in [-0.3, -0.25) is 4.90 Å². The van der Waals surface area contributed by atoms with Crippen LogP contribution in [-0.2, 0) is 13.1 Å². The van der Waals surface area contributed by atoms with Crippen LogP contribution in [-0.4, -0.2) is 23.0 Å². The summed E-state index contributed by atoms with van der Waals surface area (Å²) >= 11 is 0. The minimum atomic E-state index is 0.317. The summed E-state index contributed by atoms with van der Waals surface area (Å²) in [5, 5.41) is 3.42. The Bertz CT molecular complexity index is 420. The molecule has 0 spiro atoms. The van der Waals surface area contributed by atoms with Gasteiger partial charge in [-0.1, -0.05) is 13.8 Å². The first-order chi connectivity index (χ1) is 8.88. The van der Waals surface area contributed by atoms with Gasteiger partial charge in [0.1, 0.15) is 11.5 Å².